The van der Waals surface area contributed by atoms with Crippen LogP contribution < -0.4 is 10.6 Å². The number of H-pyrrole nitrogens is 1. The van der Waals surface area contributed by atoms with Gasteiger partial charge in [0.2, 0.25) is 0 Å². The first-order valence-corrected chi connectivity index (χ1v) is 4.16. The van der Waals surface area contributed by atoms with Gasteiger partial charge in [-0.05, 0) is 12.2 Å². The highest BCUT2D eigenvalue weighted by molar-refractivity contribution is 8.93. The smallest absolute Gasteiger partial charge is 0.166 e. The maximum Gasteiger partial charge on any atom is 0.166 e. The van der Waals surface area contributed by atoms with Crippen molar-refractivity contribution in [3.8, 4) is 0 Å². The minimum Gasteiger partial charge on any atom is -0.366 e. The Hall–Kier alpha value is -0.140. The lowest BCUT2D eigenvalue weighted by Crippen LogP contribution is -2.33. The molecule has 1 heterocycles. The number of halogens is 2. The Morgan fingerprint density at radius 1 is 1.57 bits per heavy atom. The van der Waals surface area contributed by atoms with Crippen molar-refractivity contribution in [3.05, 3.63) is 18.2 Å². The number of aromatic amines is 1. The summed E-state index contributed by atoms with van der Waals surface area (Å²) in [5.41, 5.74) is 1.11. The lowest BCUT2D eigenvalue weighted by atomic mass is 10.3. The molecule has 0 fully saturated rings. The summed E-state index contributed by atoms with van der Waals surface area (Å²) in [7, 11) is 1.80. The molecule has 7 heteroatoms. The number of nitrogens with zero attached hydrogens (tertiary/aromatic N) is 1. The number of nitrogens with one attached hydrogen (secondary N) is 3. The van der Waals surface area contributed by atoms with Gasteiger partial charge >= 0.3 is 0 Å². The van der Waals surface area contributed by atoms with Gasteiger partial charge in [0, 0.05) is 31.9 Å². The molecule has 1 rings (SSSR count). The Bertz CT molecular complexity index is 240. The molecule has 0 saturated heterocycles. The quantitative estimate of drug-likeness (QED) is 0.720. The molecule has 0 unspecified atom stereocenters. The van der Waals surface area contributed by atoms with E-state index in [1.165, 1.54) is 0 Å². The fraction of sp³-hybridized carbons (Fsp3) is 0.429. The minimum atomic E-state index is 0. The zero-order valence-corrected chi connectivity index (χ0v) is 12.0. The first-order chi connectivity index (χ1) is 5.83. The molecule has 0 aliphatic heterocycles. The van der Waals surface area contributed by atoms with Crippen LogP contribution in [0.4, 0.5) is 0 Å². The van der Waals surface area contributed by atoms with Gasteiger partial charge in [0.05, 0.1) is 6.33 Å². The molecule has 0 spiro atoms. The molecule has 1 aromatic rings. The average molecular weight is 346 g/mol. The molecule has 0 atom stereocenters. The summed E-state index contributed by atoms with van der Waals surface area (Å²) >= 11 is 4.90. The van der Waals surface area contributed by atoms with Crippen LogP contribution in [-0.4, -0.2) is 28.7 Å². The van der Waals surface area contributed by atoms with Crippen molar-refractivity contribution in [1.82, 2.24) is 20.6 Å². The Kier molecular flexibility index (Phi) is 11.0. The van der Waals surface area contributed by atoms with Crippen molar-refractivity contribution >= 4 is 51.3 Å². The van der Waals surface area contributed by atoms with Gasteiger partial charge in [-0.25, -0.2) is 4.98 Å². The molecule has 0 bridgehead atoms. The van der Waals surface area contributed by atoms with E-state index >= 15 is 0 Å². The predicted octanol–water partition coefficient (Wildman–Crippen LogP) is 1.20. The van der Waals surface area contributed by atoms with Crippen LogP contribution in [0.3, 0.4) is 0 Å². The topological polar surface area (TPSA) is 52.7 Å². The van der Waals surface area contributed by atoms with Crippen LogP contribution in [0.25, 0.3) is 0 Å². The van der Waals surface area contributed by atoms with E-state index in [-0.39, 0.29) is 34.0 Å². The van der Waals surface area contributed by atoms with Crippen molar-refractivity contribution in [2.24, 2.45) is 0 Å². The van der Waals surface area contributed by atoms with Crippen LogP contribution in [0.2, 0.25) is 0 Å². The number of hydrogen-bond donors (Lipinski definition) is 3. The third kappa shape index (κ3) is 6.33. The second-order valence-corrected chi connectivity index (χ2v) is 2.74. The largest absolute Gasteiger partial charge is 0.366 e. The number of rotatable bonds is 3. The maximum absolute atomic E-state index is 4.90. The lowest BCUT2D eigenvalue weighted by Gasteiger charge is -2.04. The third-order valence-corrected chi connectivity index (χ3v) is 1.81. The van der Waals surface area contributed by atoms with E-state index in [4.69, 9.17) is 12.2 Å². The average Bonchev–Trinajstić information content (AvgIpc) is 2.57. The van der Waals surface area contributed by atoms with Gasteiger partial charge in [0.1, 0.15) is 0 Å². The Morgan fingerprint density at radius 2 is 2.29 bits per heavy atom. The van der Waals surface area contributed by atoms with Crippen LogP contribution in [0.5, 0.6) is 0 Å². The zero-order valence-electron chi connectivity index (χ0n) is 7.74. The molecular weight excluding hydrogens is 332 g/mol. The minimum absolute atomic E-state index is 0. The van der Waals surface area contributed by atoms with Crippen LogP contribution in [0.15, 0.2) is 12.5 Å². The second-order valence-electron chi connectivity index (χ2n) is 2.33. The maximum atomic E-state index is 4.90. The Morgan fingerprint density at radius 3 is 2.79 bits per heavy atom. The first-order valence-electron chi connectivity index (χ1n) is 3.75. The first kappa shape index (κ1) is 16.3. The molecule has 0 amide bonds. The zero-order chi connectivity index (χ0) is 8.81. The SMILES string of the molecule is Br.Br.CNC(=S)NCCc1cnc[nH]1. The van der Waals surface area contributed by atoms with E-state index in [0.29, 0.717) is 5.11 Å². The summed E-state index contributed by atoms with van der Waals surface area (Å²) < 4.78 is 0. The molecule has 0 saturated carbocycles. The normalized spacial score (nSPS) is 8.07. The molecule has 3 N–H and O–H groups in total. The predicted molar refractivity (Wildman–Crippen MR) is 72.6 cm³/mol. The van der Waals surface area contributed by atoms with E-state index in [9.17, 15) is 0 Å². The van der Waals surface area contributed by atoms with Gasteiger partial charge in [-0.1, -0.05) is 0 Å². The summed E-state index contributed by atoms with van der Waals surface area (Å²) in [5, 5.41) is 6.56. The van der Waals surface area contributed by atoms with Crippen molar-refractivity contribution < 1.29 is 0 Å². The molecule has 4 nitrogen and oxygen atoms in total. The Balaban J connectivity index is 0. The summed E-state index contributed by atoms with van der Waals surface area (Å²) in [4.78, 5) is 6.92. The molecule has 0 radical (unpaired) electrons. The monoisotopic (exact) mass is 344 g/mol. The Labute approximate surface area is 110 Å². The van der Waals surface area contributed by atoms with Crippen molar-refractivity contribution in [3.63, 3.8) is 0 Å². The van der Waals surface area contributed by atoms with Crippen molar-refractivity contribution in [2.75, 3.05) is 13.6 Å². The molecule has 0 aromatic carbocycles. The van der Waals surface area contributed by atoms with Crippen LogP contribution in [0.1, 0.15) is 5.69 Å². The third-order valence-electron chi connectivity index (χ3n) is 1.46. The highest BCUT2D eigenvalue weighted by Crippen LogP contribution is 1.89. The molecule has 0 aliphatic carbocycles. The van der Waals surface area contributed by atoms with Crippen LogP contribution in [0, 0.1) is 0 Å². The molecule has 14 heavy (non-hydrogen) atoms. The van der Waals surface area contributed by atoms with Gasteiger partial charge in [-0.15, -0.1) is 34.0 Å². The van der Waals surface area contributed by atoms with E-state index in [2.05, 4.69) is 20.6 Å². The fourth-order valence-corrected chi connectivity index (χ4v) is 0.923. The summed E-state index contributed by atoms with van der Waals surface area (Å²) in [6.45, 7) is 0.821. The number of imidazole rings is 1. The van der Waals surface area contributed by atoms with Gasteiger partial charge in [0.15, 0.2) is 5.11 Å². The highest BCUT2D eigenvalue weighted by Gasteiger charge is 1.93. The van der Waals surface area contributed by atoms with Gasteiger partial charge < -0.3 is 15.6 Å². The van der Waals surface area contributed by atoms with Gasteiger partial charge in [-0.2, -0.15) is 0 Å². The molecule has 0 aliphatic rings. The summed E-state index contributed by atoms with van der Waals surface area (Å²) in [6.07, 6.45) is 4.39. The van der Waals surface area contributed by atoms with Gasteiger partial charge in [-0.3, -0.25) is 0 Å². The van der Waals surface area contributed by atoms with Crippen molar-refractivity contribution in [2.45, 2.75) is 6.42 Å². The fourth-order valence-electron chi connectivity index (χ4n) is 0.820. The van der Waals surface area contributed by atoms with E-state index < -0.39 is 0 Å². The van der Waals surface area contributed by atoms with Gasteiger partial charge in [0.25, 0.3) is 0 Å². The molecular formula is C7H14Br2N4S. The molecule has 82 valence electrons. The highest BCUT2D eigenvalue weighted by atomic mass is 79.9. The van der Waals surface area contributed by atoms with Crippen molar-refractivity contribution in [1.29, 1.82) is 0 Å². The van der Waals surface area contributed by atoms with Crippen LogP contribution in [-0.2, 0) is 6.42 Å². The van der Waals surface area contributed by atoms with E-state index in [1.54, 1.807) is 13.4 Å². The van der Waals surface area contributed by atoms with E-state index in [1.807, 2.05) is 6.20 Å². The van der Waals surface area contributed by atoms with Crippen LogP contribution >= 0.6 is 46.2 Å². The van der Waals surface area contributed by atoms with E-state index in [0.717, 1.165) is 18.7 Å². The number of aromatic nitrogens is 2. The lowest BCUT2D eigenvalue weighted by molar-refractivity contribution is 0.835. The second kappa shape index (κ2) is 9.42. The summed E-state index contributed by atoms with van der Waals surface area (Å²) in [6, 6.07) is 0. The number of hydrogen-bond acceptors (Lipinski definition) is 2. The molecule has 1 aromatic heterocycles. The standard InChI is InChI=1S/C7H12N4S.2BrH/c1-8-7(12)10-3-2-6-4-9-5-11-6;;/h4-5H,2-3H2,1H3,(H,9,11)(H2,8,10,12);2*1H. The number of thiocarbonyl (C=S) groups is 1. The summed E-state index contributed by atoms with van der Waals surface area (Å²) in [5.74, 6) is 0.